The van der Waals surface area contributed by atoms with E-state index in [1.807, 2.05) is 26.2 Å². The largest absolute Gasteiger partial charge is 0.388 e. The van der Waals surface area contributed by atoms with E-state index in [9.17, 15) is 20.4 Å². The summed E-state index contributed by atoms with van der Waals surface area (Å²) in [5, 5.41) is 60.5. The van der Waals surface area contributed by atoms with Crippen LogP contribution in [0.5, 0.6) is 0 Å². The van der Waals surface area contributed by atoms with E-state index in [4.69, 9.17) is 9.47 Å². The fourth-order valence-corrected chi connectivity index (χ4v) is 7.64. The monoisotopic (exact) mass is 594 g/mol. The van der Waals surface area contributed by atoms with Crippen molar-refractivity contribution in [3.8, 4) is 0 Å². The van der Waals surface area contributed by atoms with Gasteiger partial charge in [-0.25, -0.2) is 9.36 Å². The standard InChI is InChI=1S/C24H34N8O6S2/c1-11-25-17-21(35)19(33)15(37-23(17)39-11)9-31-7-13(27-29-31)5-3-4-6-14-8-32(30-28-14)10-16-20(34)22(36)18-24(38-16)40-12(2)26-18/h7-8,15-24,33-36H,3-6,9-10H2,1-2H3/t15-,16-,17-,18-,19-,20-,21-,22-,23-,24-/m1/s1. The first-order valence-corrected chi connectivity index (χ1v) is 15.2. The van der Waals surface area contributed by atoms with Crippen LogP contribution in [-0.4, -0.2) is 120 Å². The fraction of sp³-hybridized carbons (Fsp3) is 0.750. The number of fused-ring (bicyclic) bond motifs is 2. The van der Waals surface area contributed by atoms with Crippen molar-refractivity contribution in [3.63, 3.8) is 0 Å². The zero-order chi connectivity index (χ0) is 28.0. The van der Waals surface area contributed by atoms with Crippen molar-refractivity contribution >= 4 is 33.6 Å². The normalized spacial score (nSPS) is 37.2. The third-order valence-electron chi connectivity index (χ3n) is 7.59. The molecule has 6 rings (SSSR count). The van der Waals surface area contributed by atoms with E-state index in [1.54, 1.807) is 9.36 Å². The summed E-state index contributed by atoms with van der Waals surface area (Å²) < 4.78 is 15.3. The topological polar surface area (TPSA) is 186 Å². The first-order valence-electron chi connectivity index (χ1n) is 13.5. The second-order valence-corrected chi connectivity index (χ2v) is 13.2. The summed E-state index contributed by atoms with van der Waals surface area (Å²) in [6.45, 7) is 4.33. The van der Waals surface area contributed by atoms with Crippen LogP contribution in [0.1, 0.15) is 38.1 Å². The summed E-state index contributed by atoms with van der Waals surface area (Å²) in [5.74, 6) is 0. The van der Waals surface area contributed by atoms with Gasteiger partial charge in [-0.15, -0.1) is 10.2 Å². The van der Waals surface area contributed by atoms with Crippen LogP contribution in [0.15, 0.2) is 22.4 Å². The number of aliphatic hydroxyl groups is 4. The molecule has 0 aliphatic carbocycles. The minimum Gasteiger partial charge on any atom is -0.388 e. The molecule has 0 bridgehead atoms. The molecule has 2 saturated heterocycles. The number of aryl methyl sites for hydroxylation is 2. The van der Waals surface area contributed by atoms with Gasteiger partial charge >= 0.3 is 0 Å². The number of unbranched alkanes of at least 4 members (excludes halogenated alkanes) is 1. The molecular weight excluding hydrogens is 560 g/mol. The second-order valence-electron chi connectivity index (χ2n) is 10.6. The van der Waals surface area contributed by atoms with E-state index in [2.05, 4.69) is 30.6 Å². The number of hydrogen-bond donors (Lipinski definition) is 4. The van der Waals surface area contributed by atoms with Crippen molar-refractivity contribution in [3.05, 3.63) is 23.8 Å². The van der Waals surface area contributed by atoms with Gasteiger partial charge in [0.2, 0.25) is 0 Å². The molecule has 40 heavy (non-hydrogen) atoms. The van der Waals surface area contributed by atoms with Gasteiger partial charge in [-0.3, -0.25) is 9.98 Å². The van der Waals surface area contributed by atoms with E-state index < -0.39 is 48.7 Å². The van der Waals surface area contributed by atoms with E-state index in [-0.39, 0.29) is 10.9 Å². The molecule has 14 nitrogen and oxygen atoms in total. The molecule has 4 N–H and O–H groups in total. The number of nitrogens with zero attached hydrogens (tertiary/aromatic N) is 8. The highest BCUT2D eigenvalue weighted by Gasteiger charge is 2.48. The molecule has 4 aliphatic rings. The SMILES string of the molecule is CC1=N[C@@H]2[C@@H](O)[C@H](O)[C@@H](Cn3cc(CCCCc4cn(C[C@H]5O[C@@H]6SC(C)=N[C@@H]6[C@@H](O)[C@@H]5O)nn4)nn3)O[C@@H]2S1. The molecule has 16 heteroatoms. The Labute approximate surface area is 239 Å². The van der Waals surface area contributed by atoms with Gasteiger partial charge in [-0.05, 0) is 39.5 Å². The van der Waals surface area contributed by atoms with Gasteiger partial charge in [0.1, 0.15) is 59.6 Å². The predicted molar refractivity (Wildman–Crippen MR) is 147 cm³/mol. The maximum atomic E-state index is 10.5. The van der Waals surface area contributed by atoms with Crippen LogP contribution >= 0.6 is 23.5 Å². The molecule has 0 unspecified atom stereocenters. The highest BCUT2D eigenvalue weighted by molar-refractivity contribution is 8.14. The Bertz CT molecular complexity index is 1160. The molecule has 0 aromatic carbocycles. The van der Waals surface area contributed by atoms with Gasteiger partial charge in [0.25, 0.3) is 0 Å². The quantitative estimate of drug-likeness (QED) is 0.271. The lowest BCUT2D eigenvalue weighted by atomic mass is 9.98. The van der Waals surface area contributed by atoms with Crippen LogP contribution in [0, 0.1) is 0 Å². The zero-order valence-electron chi connectivity index (χ0n) is 22.2. The molecule has 2 aromatic heterocycles. The summed E-state index contributed by atoms with van der Waals surface area (Å²) in [4.78, 5) is 8.74. The van der Waals surface area contributed by atoms with Gasteiger partial charge in [0.05, 0.1) is 34.6 Å². The van der Waals surface area contributed by atoms with Crippen LogP contribution in [-0.2, 0) is 35.4 Å². The molecule has 4 aliphatic heterocycles. The highest BCUT2D eigenvalue weighted by Crippen LogP contribution is 2.37. The maximum absolute atomic E-state index is 10.5. The molecule has 0 saturated carbocycles. The van der Waals surface area contributed by atoms with E-state index in [0.717, 1.165) is 47.2 Å². The maximum Gasteiger partial charge on any atom is 0.134 e. The van der Waals surface area contributed by atoms with E-state index in [1.165, 1.54) is 23.5 Å². The third-order valence-corrected chi connectivity index (χ3v) is 9.73. The minimum atomic E-state index is -1.05. The Morgan fingerprint density at radius 3 is 1.55 bits per heavy atom. The smallest absolute Gasteiger partial charge is 0.134 e. The summed E-state index contributed by atoms with van der Waals surface area (Å²) in [7, 11) is 0. The van der Waals surface area contributed by atoms with Crippen LogP contribution in [0.4, 0.5) is 0 Å². The molecule has 2 fully saturated rings. The lowest BCUT2D eigenvalue weighted by Crippen LogP contribution is -2.55. The number of aliphatic imine (C=N–C) groups is 2. The molecular formula is C24H34N8O6S2. The van der Waals surface area contributed by atoms with Crippen LogP contribution in [0.25, 0.3) is 0 Å². The number of ether oxygens (including phenoxy) is 2. The lowest BCUT2D eigenvalue weighted by Gasteiger charge is -2.38. The van der Waals surface area contributed by atoms with Crippen molar-refractivity contribution in [2.24, 2.45) is 9.98 Å². The number of hydrogen-bond acceptors (Lipinski definition) is 14. The van der Waals surface area contributed by atoms with Gasteiger partial charge < -0.3 is 29.9 Å². The summed E-state index contributed by atoms with van der Waals surface area (Å²) >= 11 is 2.94. The van der Waals surface area contributed by atoms with Gasteiger partial charge in [-0.2, -0.15) is 0 Å². The van der Waals surface area contributed by atoms with Gasteiger partial charge in [0, 0.05) is 12.4 Å². The van der Waals surface area contributed by atoms with Crippen LogP contribution < -0.4 is 0 Å². The summed E-state index contributed by atoms with van der Waals surface area (Å²) in [5.41, 5.74) is 1.08. The average Bonchev–Trinajstić information content (AvgIpc) is 3.71. The number of thioether (sulfide) groups is 2. The first-order chi connectivity index (χ1) is 19.2. The molecule has 0 amide bonds. The first kappa shape index (κ1) is 28.2. The molecule has 2 aromatic rings. The van der Waals surface area contributed by atoms with Crippen LogP contribution in [0.2, 0.25) is 0 Å². The van der Waals surface area contributed by atoms with Crippen LogP contribution in [0.3, 0.4) is 0 Å². The van der Waals surface area contributed by atoms with Crippen molar-refractivity contribution in [2.45, 2.75) is 112 Å². The van der Waals surface area contributed by atoms with Crippen molar-refractivity contribution in [2.75, 3.05) is 0 Å². The van der Waals surface area contributed by atoms with Crippen molar-refractivity contribution in [1.29, 1.82) is 0 Å². The van der Waals surface area contributed by atoms with Gasteiger partial charge in [-0.1, -0.05) is 34.0 Å². The molecule has 6 heterocycles. The summed E-state index contributed by atoms with van der Waals surface area (Å²) in [6.07, 6.45) is 1.68. The summed E-state index contributed by atoms with van der Waals surface area (Å²) in [6, 6.07) is -0.884. The number of aromatic nitrogens is 6. The highest BCUT2D eigenvalue weighted by atomic mass is 32.2. The van der Waals surface area contributed by atoms with E-state index >= 15 is 0 Å². The molecule has 0 radical (unpaired) electrons. The average molecular weight is 595 g/mol. The lowest BCUT2D eigenvalue weighted by molar-refractivity contribution is -0.157. The Morgan fingerprint density at radius 2 is 1.12 bits per heavy atom. The fourth-order valence-electron chi connectivity index (χ4n) is 5.49. The van der Waals surface area contributed by atoms with Gasteiger partial charge in [0.15, 0.2) is 0 Å². The second kappa shape index (κ2) is 11.8. The Kier molecular flexibility index (Phi) is 8.29. The Hall–Kier alpha value is -1.92. The molecule has 218 valence electrons. The minimum absolute atomic E-state index is 0.292. The Balaban J connectivity index is 0.937. The van der Waals surface area contributed by atoms with E-state index in [0.29, 0.717) is 13.1 Å². The Morgan fingerprint density at radius 1 is 0.700 bits per heavy atom. The van der Waals surface area contributed by atoms with Crippen molar-refractivity contribution < 1.29 is 29.9 Å². The zero-order valence-corrected chi connectivity index (χ0v) is 23.8. The number of rotatable bonds is 9. The molecule has 10 atom stereocenters. The predicted octanol–water partition coefficient (Wildman–Crippen LogP) is -0.604. The number of aliphatic hydroxyl groups excluding tert-OH is 4. The third kappa shape index (κ3) is 5.86. The van der Waals surface area contributed by atoms with Crippen molar-refractivity contribution in [1.82, 2.24) is 30.0 Å². The molecule has 0 spiro atoms.